The Bertz CT molecular complexity index is 866. The Morgan fingerprint density at radius 3 is 2.71 bits per heavy atom. The molecule has 24 heavy (non-hydrogen) atoms. The standard InChI is InChI=1S/C18H14BrCl2NO2/c1-2-22-15-8-7-12(19)10-13(18(15)24)16(23)9-6-11-4-3-5-14(20)17(11)21/h3-10H,2H2,1H3,(H,22,24)/b9-6+. The summed E-state index contributed by atoms with van der Waals surface area (Å²) in [5.74, 6) is -0.410. The van der Waals surface area contributed by atoms with Crippen LogP contribution in [-0.2, 0) is 0 Å². The van der Waals surface area contributed by atoms with Crippen LogP contribution in [0.3, 0.4) is 0 Å². The molecule has 0 spiro atoms. The van der Waals surface area contributed by atoms with Gasteiger partial charge in [0.15, 0.2) is 5.78 Å². The Labute approximate surface area is 158 Å². The predicted octanol–water partition coefficient (Wildman–Crippen LogP) is 5.44. The molecule has 0 aliphatic rings. The van der Waals surface area contributed by atoms with Crippen LogP contribution in [0.1, 0.15) is 22.8 Å². The van der Waals surface area contributed by atoms with E-state index >= 15 is 0 Å². The molecule has 6 heteroatoms. The van der Waals surface area contributed by atoms with Crippen LogP contribution in [-0.4, -0.2) is 12.3 Å². The second kappa shape index (κ2) is 8.47. The molecule has 2 rings (SSSR count). The molecule has 0 atom stereocenters. The van der Waals surface area contributed by atoms with Crippen molar-refractivity contribution in [2.24, 2.45) is 0 Å². The first-order chi connectivity index (χ1) is 11.4. The second-order valence-corrected chi connectivity index (χ2v) is 6.59. The summed E-state index contributed by atoms with van der Waals surface area (Å²) >= 11 is 15.4. The normalized spacial score (nSPS) is 10.8. The van der Waals surface area contributed by atoms with Crippen LogP contribution in [0.15, 0.2) is 51.7 Å². The number of hydrogen-bond donors (Lipinski definition) is 1. The minimum atomic E-state index is -0.410. The molecule has 0 aliphatic carbocycles. The molecular formula is C18H14BrCl2NO2. The molecule has 0 saturated carbocycles. The number of hydrogen-bond acceptors (Lipinski definition) is 3. The van der Waals surface area contributed by atoms with Crippen LogP contribution >= 0.6 is 39.1 Å². The fourth-order valence-electron chi connectivity index (χ4n) is 2.05. The molecule has 0 fully saturated rings. The van der Waals surface area contributed by atoms with Gasteiger partial charge >= 0.3 is 0 Å². The summed E-state index contributed by atoms with van der Waals surface area (Å²) < 4.78 is 0.640. The summed E-state index contributed by atoms with van der Waals surface area (Å²) in [6.07, 6.45) is 2.86. The van der Waals surface area contributed by atoms with E-state index in [2.05, 4.69) is 21.2 Å². The first kappa shape index (κ1) is 18.7. The highest BCUT2D eigenvalue weighted by Crippen LogP contribution is 2.26. The van der Waals surface area contributed by atoms with E-state index < -0.39 is 5.78 Å². The minimum absolute atomic E-state index is 0.0669. The third kappa shape index (κ3) is 4.47. The number of benzene rings is 1. The van der Waals surface area contributed by atoms with Crippen molar-refractivity contribution in [2.75, 3.05) is 11.9 Å². The summed E-state index contributed by atoms with van der Waals surface area (Å²) in [7, 11) is 0. The lowest BCUT2D eigenvalue weighted by Gasteiger charge is -2.00. The topological polar surface area (TPSA) is 46.2 Å². The van der Waals surface area contributed by atoms with Gasteiger partial charge in [-0.3, -0.25) is 9.59 Å². The molecule has 3 nitrogen and oxygen atoms in total. The number of rotatable bonds is 5. The van der Waals surface area contributed by atoms with Gasteiger partial charge < -0.3 is 5.32 Å². The first-order valence-corrected chi connectivity index (χ1v) is 8.73. The van der Waals surface area contributed by atoms with Gasteiger partial charge in [-0.1, -0.05) is 51.3 Å². The van der Waals surface area contributed by atoms with Crippen LogP contribution in [0.5, 0.6) is 0 Å². The zero-order valence-corrected chi connectivity index (χ0v) is 15.9. The van der Waals surface area contributed by atoms with Crippen molar-refractivity contribution in [3.8, 4) is 0 Å². The first-order valence-electron chi connectivity index (χ1n) is 7.18. The van der Waals surface area contributed by atoms with Gasteiger partial charge in [0.05, 0.1) is 21.3 Å². The zero-order chi connectivity index (χ0) is 17.7. The van der Waals surface area contributed by atoms with E-state index in [1.54, 1.807) is 36.4 Å². The highest BCUT2D eigenvalue weighted by molar-refractivity contribution is 9.10. The highest BCUT2D eigenvalue weighted by atomic mass is 79.9. The molecule has 0 heterocycles. The Morgan fingerprint density at radius 2 is 2.00 bits per heavy atom. The molecule has 124 valence electrons. The minimum Gasteiger partial charge on any atom is -0.382 e. The van der Waals surface area contributed by atoms with Gasteiger partial charge in [0.2, 0.25) is 5.43 Å². The lowest BCUT2D eigenvalue weighted by Crippen LogP contribution is -2.15. The molecule has 1 N–H and O–H groups in total. The summed E-state index contributed by atoms with van der Waals surface area (Å²) in [5, 5.41) is 3.72. The fourth-order valence-corrected chi connectivity index (χ4v) is 2.78. The number of halogens is 3. The Kier molecular flexibility index (Phi) is 6.60. The highest BCUT2D eigenvalue weighted by Gasteiger charge is 2.11. The number of allylic oxidation sites excluding steroid dienone is 1. The second-order valence-electron chi connectivity index (χ2n) is 4.89. The van der Waals surface area contributed by atoms with E-state index in [0.29, 0.717) is 32.3 Å². The monoisotopic (exact) mass is 425 g/mol. The number of nitrogens with one attached hydrogen (secondary N) is 1. The van der Waals surface area contributed by atoms with E-state index in [9.17, 15) is 9.59 Å². The SMILES string of the molecule is CCNc1ccc(Br)cc(C(=O)/C=C/c2cccc(Cl)c2Cl)c1=O. The third-order valence-corrected chi connectivity index (χ3v) is 4.54. The van der Waals surface area contributed by atoms with Crippen LogP contribution < -0.4 is 10.7 Å². The molecular weight excluding hydrogens is 413 g/mol. The number of carbonyl (C=O) groups excluding carboxylic acids is 1. The summed E-state index contributed by atoms with van der Waals surface area (Å²) in [5.41, 5.74) is 0.698. The largest absolute Gasteiger partial charge is 0.382 e. The van der Waals surface area contributed by atoms with Crippen LogP contribution in [0.4, 0.5) is 5.69 Å². The molecule has 2 aromatic carbocycles. The van der Waals surface area contributed by atoms with Crippen LogP contribution in [0.2, 0.25) is 10.0 Å². The van der Waals surface area contributed by atoms with Crippen molar-refractivity contribution in [1.29, 1.82) is 0 Å². The summed E-state index contributed by atoms with van der Waals surface area (Å²) in [4.78, 5) is 25.0. The summed E-state index contributed by atoms with van der Waals surface area (Å²) in [6.45, 7) is 2.46. The lowest BCUT2D eigenvalue weighted by molar-refractivity contribution is 0.104. The van der Waals surface area contributed by atoms with Gasteiger partial charge in [0.1, 0.15) is 0 Å². The van der Waals surface area contributed by atoms with Gasteiger partial charge in [-0.05, 0) is 48.9 Å². The maximum Gasteiger partial charge on any atom is 0.212 e. The molecule has 0 aromatic heterocycles. The fraction of sp³-hybridized carbons (Fsp3) is 0.111. The third-order valence-electron chi connectivity index (χ3n) is 3.21. The van der Waals surface area contributed by atoms with Crippen molar-refractivity contribution >= 4 is 56.7 Å². The molecule has 2 aromatic rings. The average molecular weight is 427 g/mol. The molecule has 0 saturated heterocycles. The molecule has 0 aliphatic heterocycles. The van der Waals surface area contributed by atoms with Gasteiger partial charge in [-0.2, -0.15) is 0 Å². The van der Waals surface area contributed by atoms with E-state index in [-0.39, 0.29) is 11.0 Å². The molecule has 0 amide bonds. The van der Waals surface area contributed by atoms with E-state index in [1.807, 2.05) is 6.92 Å². The Morgan fingerprint density at radius 1 is 1.25 bits per heavy atom. The van der Waals surface area contributed by atoms with E-state index in [1.165, 1.54) is 12.1 Å². The summed E-state index contributed by atoms with van der Waals surface area (Å²) in [6, 6.07) is 10.0. The maximum absolute atomic E-state index is 12.5. The van der Waals surface area contributed by atoms with Crippen molar-refractivity contribution < 1.29 is 4.79 Å². The van der Waals surface area contributed by atoms with Crippen molar-refractivity contribution in [2.45, 2.75) is 6.92 Å². The van der Waals surface area contributed by atoms with Crippen LogP contribution in [0.25, 0.3) is 6.08 Å². The number of anilines is 1. The lowest BCUT2D eigenvalue weighted by atomic mass is 10.1. The van der Waals surface area contributed by atoms with Crippen molar-refractivity contribution in [1.82, 2.24) is 0 Å². The quantitative estimate of drug-likeness (QED) is 0.511. The van der Waals surface area contributed by atoms with E-state index in [4.69, 9.17) is 23.2 Å². The molecule has 0 radical (unpaired) electrons. The predicted molar refractivity (Wildman–Crippen MR) is 104 cm³/mol. The van der Waals surface area contributed by atoms with Crippen LogP contribution in [0, 0.1) is 0 Å². The Hall–Kier alpha value is -1.62. The van der Waals surface area contributed by atoms with Gasteiger partial charge in [0.25, 0.3) is 0 Å². The van der Waals surface area contributed by atoms with Gasteiger partial charge in [-0.25, -0.2) is 0 Å². The Balaban J connectivity index is 2.43. The van der Waals surface area contributed by atoms with E-state index in [0.717, 1.165) is 0 Å². The number of carbonyl (C=O) groups is 1. The van der Waals surface area contributed by atoms with Crippen molar-refractivity contribution in [3.63, 3.8) is 0 Å². The molecule has 0 bridgehead atoms. The zero-order valence-electron chi connectivity index (χ0n) is 12.8. The van der Waals surface area contributed by atoms with Crippen molar-refractivity contribution in [3.05, 3.63) is 78.3 Å². The maximum atomic E-state index is 12.5. The number of ketones is 1. The van der Waals surface area contributed by atoms with Gasteiger partial charge in [0, 0.05) is 11.0 Å². The smallest absolute Gasteiger partial charge is 0.212 e. The molecule has 0 unspecified atom stereocenters. The average Bonchev–Trinajstić information content (AvgIpc) is 2.69. The van der Waals surface area contributed by atoms with Gasteiger partial charge in [-0.15, -0.1) is 0 Å².